The van der Waals surface area contributed by atoms with Crippen molar-refractivity contribution < 1.29 is 14.3 Å². The minimum absolute atomic E-state index is 0.120. The molecule has 2 rings (SSSR count). The van der Waals surface area contributed by atoms with Crippen molar-refractivity contribution in [2.75, 3.05) is 13.2 Å². The first-order chi connectivity index (χ1) is 11.3. The zero-order chi connectivity index (χ0) is 17.7. The Balaban J connectivity index is 1.81. The summed E-state index contributed by atoms with van der Waals surface area (Å²) in [5.74, 6) is 0. The lowest BCUT2D eigenvalue weighted by Gasteiger charge is -2.28. The number of likely N-dealkylation sites (tertiary alicyclic amines) is 1. The van der Waals surface area contributed by atoms with Gasteiger partial charge in [-0.2, -0.15) is 0 Å². The molecule has 0 spiro atoms. The maximum absolute atomic E-state index is 12.3. The second-order valence-electron chi connectivity index (χ2n) is 7.88. The zero-order valence-electron chi connectivity index (χ0n) is 15.7. The number of amides is 1. The molecule has 1 atom stereocenters. The Morgan fingerprint density at radius 1 is 1.25 bits per heavy atom. The molecule has 0 radical (unpaired) electrons. The van der Waals surface area contributed by atoms with Gasteiger partial charge in [0.2, 0.25) is 0 Å². The smallest absolute Gasteiger partial charge is 0.410 e. The lowest BCUT2D eigenvalue weighted by atomic mass is 9.49. The first-order valence-electron chi connectivity index (χ1n) is 8.92. The highest BCUT2D eigenvalue weighted by atomic mass is 16.6. The highest BCUT2D eigenvalue weighted by Gasteiger charge is 2.32. The molecule has 4 nitrogen and oxygen atoms in total. The summed E-state index contributed by atoms with van der Waals surface area (Å²) in [6, 6.07) is 8.68. The van der Waals surface area contributed by atoms with Crippen LogP contribution in [0.5, 0.6) is 0 Å². The van der Waals surface area contributed by atoms with Crippen LogP contribution in [0.3, 0.4) is 0 Å². The van der Waals surface area contributed by atoms with Gasteiger partial charge in [-0.1, -0.05) is 43.4 Å². The average Bonchev–Trinajstić information content (AvgIpc) is 2.94. The van der Waals surface area contributed by atoms with Gasteiger partial charge in [0.05, 0.1) is 19.3 Å². The first-order valence-corrected chi connectivity index (χ1v) is 8.92. The summed E-state index contributed by atoms with van der Waals surface area (Å²) in [6.07, 6.45) is 1.76. The second kappa shape index (κ2) is 8.06. The number of nitrogens with zero attached hydrogens (tertiary/aromatic N) is 1. The second-order valence-corrected chi connectivity index (χ2v) is 7.88. The van der Waals surface area contributed by atoms with E-state index in [9.17, 15) is 4.79 Å². The molecule has 1 aliphatic heterocycles. The van der Waals surface area contributed by atoms with Gasteiger partial charge in [-0.25, -0.2) is 4.79 Å². The van der Waals surface area contributed by atoms with Gasteiger partial charge in [0.25, 0.3) is 0 Å². The van der Waals surface area contributed by atoms with Crippen LogP contribution < -0.4 is 5.46 Å². The Labute approximate surface area is 146 Å². The first kappa shape index (κ1) is 18.8. The van der Waals surface area contributed by atoms with E-state index in [1.807, 2.05) is 25.7 Å². The van der Waals surface area contributed by atoms with Crippen LogP contribution in [0, 0.1) is 0 Å². The molecule has 5 heteroatoms. The quantitative estimate of drug-likeness (QED) is 0.775. The van der Waals surface area contributed by atoms with Crippen molar-refractivity contribution in [1.29, 1.82) is 0 Å². The third-order valence-corrected chi connectivity index (χ3v) is 4.23. The highest BCUT2D eigenvalue weighted by molar-refractivity contribution is 6.70. The summed E-state index contributed by atoms with van der Waals surface area (Å²) in [4.78, 5) is 14.1. The van der Waals surface area contributed by atoms with Gasteiger partial charge < -0.3 is 14.4 Å². The highest BCUT2D eigenvalue weighted by Crippen LogP contribution is 2.21. The van der Waals surface area contributed by atoms with Crippen LogP contribution >= 0.6 is 0 Å². The fourth-order valence-corrected chi connectivity index (χ4v) is 2.88. The van der Waals surface area contributed by atoms with Crippen LogP contribution in [0.1, 0.15) is 39.2 Å². The minimum Gasteiger partial charge on any atom is -0.444 e. The van der Waals surface area contributed by atoms with Gasteiger partial charge in [0, 0.05) is 6.54 Å². The third kappa shape index (κ3) is 5.55. The van der Waals surface area contributed by atoms with E-state index in [4.69, 9.17) is 9.47 Å². The van der Waals surface area contributed by atoms with Crippen LogP contribution in [0.4, 0.5) is 4.79 Å². The van der Waals surface area contributed by atoms with Crippen molar-refractivity contribution in [2.45, 2.75) is 65.5 Å². The summed E-state index contributed by atoms with van der Waals surface area (Å²) in [6.45, 7) is 12.5. The molecule has 1 aliphatic rings. The number of rotatable bonds is 5. The predicted octanol–water partition coefficient (Wildman–Crippen LogP) is 3.56. The molecular weight excluding hydrogens is 301 g/mol. The van der Waals surface area contributed by atoms with Crippen molar-refractivity contribution in [3.63, 3.8) is 0 Å². The van der Waals surface area contributed by atoms with Crippen molar-refractivity contribution in [2.24, 2.45) is 0 Å². The molecule has 24 heavy (non-hydrogen) atoms. The maximum Gasteiger partial charge on any atom is 0.410 e. The van der Waals surface area contributed by atoms with Gasteiger partial charge in [-0.3, -0.25) is 0 Å². The number of carbonyl (C=O) groups is 1. The van der Waals surface area contributed by atoms with E-state index in [1.165, 1.54) is 11.0 Å². The molecule has 0 bridgehead atoms. The van der Waals surface area contributed by atoms with E-state index in [2.05, 4.69) is 37.9 Å². The van der Waals surface area contributed by atoms with E-state index >= 15 is 0 Å². The Morgan fingerprint density at radius 2 is 1.92 bits per heavy atom. The summed E-state index contributed by atoms with van der Waals surface area (Å²) in [5.41, 5.74) is 2.05. The lowest BCUT2D eigenvalue weighted by molar-refractivity contribution is 0.00883. The molecule has 132 valence electrons. The number of carbonyl (C=O) groups excluding carboxylic acids is 1. The molecule has 1 fully saturated rings. The van der Waals surface area contributed by atoms with Crippen molar-refractivity contribution >= 4 is 18.3 Å². The van der Waals surface area contributed by atoms with Gasteiger partial charge in [-0.15, -0.1) is 0 Å². The molecule has 1 heterocycles. The summed E-state index contributed by atoms with van der Waals surface area (Å²) in [7, 11) is 0. The molecule has 1 amide bonds. The Bertz CT molecular complexity index is 537. The van der Waals surface area contributed by atoms with Gasteiger partial charge in [0.15, 0.2) is 6.71 Å². The minimum atomic E-state index is -0.455. The normalized spacial score (nSPS) is 17.9. The lowest BCUT2D eigenvalue weighted by Crippen LogP contribution is -2.41. The summed E-state index contributed by atoms with van der Waals surface area (Å²) < 4.78 is 11.3. The van der Waals surface area contributed by atoms with Crippen LogP contribution in [0.2, 0.25) is 13.6 Å². The molecule has 1 aromatic rings. The van der Waals surface area contributed by atoms with Crippen LogP contribution in [-0.4, -0.2) is 42.5 Å². The average molecular weight is 331 g/mol. The van der Waals surface area contributed by atoms with Crippen LogP contribution in [0.25, 0.3) is 0 Å². The number of hydrogen-bond acceptors (Lipinski definition) is 3. The molecule has 1 aromatic carbocycles. The van der Waals surface area contributed by atoms with E-state index in [0.29, 0.717) is 19.9 Å². The zero-order valence-corrected chi connectivity index (χ0v) is 15.7. The molecular formula is C19H30BNO3. The SMILES string of the molecule is CB(C)c1ccc(COC[C@@H]2CCCN2C(=O)OC(C)(C)C)cc1. The molecule has 0 unspecified atom stereocenters. The molecule has 0 aliphatic carbocycles. The van der Waals surface area contributed by atoms with Crippen molar-refractivity contribution in [3.8, 4) is 0 Å². The van der Waals surface area contributed by atoms with E-state index in [1.54, 1.807) is 0 Å². The number of hydrogen-bond donors (Lipinski definition) is 0. The van der Waals surface area contributed by atoms with Crippen molar-refractivity contribution in [1.82, 2.24) is 4.90 Å². The van der Waals surface area contributed by atoms with Crippen LogP contribution in [0.15, 0.2) is 24.3 Å². The third-order valence-electron chi connectivity index (χ3n) is 4.23. The largest absolute Gasteiger partial charge is 0.444 e. The maximum atomic E-state index is 12.3. The standard InChI is InChI=1S/C19H30BNO3/c1-19(2,3)24-18(22)21-12-6-7-17(21)14-23-13-15-8-10-16(11-9-15)20(4)5/h8-11,17H,6-7,12-14H2,1-5H3/t17-/m0/s1. The van der Waals surface area contributed by atoms with Gasteiger partial charge in [-0.05, 0) is 39.2 Å². The van der Waals surface area contributed by atoms with E-state index in [-0.39, 0.29) is 12.1 Å². The Kier molecular flexibility index (Phi) is 6.33. The fraction of sp³-hybridized carbons (Fsp3) is 0.632. The Hall–Kier alpha value is -1.49. The number of benzene rings is 1. The van der Waals surface area contributed by atoms with Gasteiger partial charge >= 0.3 is 6.09 Å². The summed E-state index contributed by atoms with van der Waals surface area (Å²) in [5, 5.41) is 0. The monoisotopic (exact) mass is 331 g/mol. The van der Waals surface area contributed by atoms with Crippen molar-refractivity contribution in [3.05, 3.63) is 29.8 Å². The van der Waals surface area contributed by atoms with E-state index in [0.717, 1.165) is 19.4 Å². The molecule has 1 saturated heterocycles. The fourth-order valence-electron chi connectivity index (χ4n) is 2.88. The molecule has 0 aromatic heterocycles. The van der Waals surface area contributed by atoms with Crippen LogP contribution in [-0.2, 0) is 16.1 Å². The van der Waals surface area contributed by atoms with Gasteiger partial charge in [0.1, 0.15) is 5.60 Å². The predicted molar refractivity (Wildman–Crippen MR) is 99.2 cm³/mol. The number of ether oxygens (including phenoxy) is 2. The van der Waals surface area contributed by atoms with E-state index < -0.39 is 5.60 Å². The summed E-state index contributed by atoms with van der Waals surface area (Å²) >= 11 is 0. The Morgan fingerprint density at radius 3 is 2.50 bits per heavy atom. The molecule has 0 saturated carbocycles. The topological polar surface area (TPSA) is 38.8 Å². The molecule has 0 N–H and O–H groups in total.